The number of amides is 1. The first-order valence-electron chi connectivity index (χ1n) is 8.62. The molecule has 2 aromatic rings. The molecule has 1 N–H and O–H groups in total. The number of halogens is 1. The highest BCUT2D eigenvalue weighted by molar-refractivity contribution is 6.32. The lowest BCUT2D eigenvalue weighted by atomic mass is 10.0. The molecule has 138 valence electrons. The van der Waals surface area contributed by atoms with Crippen LogP contribution < -0.4 is 14.8 Å². The van der Waals surface area contributed by atoms with Crippen molar-refractivity contribution in [2.45, 2.75) is 12.5 Å². The molecule has 1 amide bonds. The van der Waals surface area contributed by atoms with Crippen LogP contribution in [0.15, 0.2) is 42.5 Å². The van der Waals surface area contributed by atoms with E-state index in [0.29, 0.717) is 41.8 Å². The van der Waals surface area contributed by atoms with Crippen molar-refractivity contribution in [3.8, 4) is 11.5 Å². The first kappa shape index (κ1) is 18.5. The SMILES string of the molecule is CN(C)C(CNC(=O)c1cc(Cl)c2c(c1)OCCO2)Cc1ccccc1. The molecular weight excluding hydrogens is 352 g/mol. The number of nitrogens with zero attached hydrogens (tertiary/aromatic N) is 1. The molecule has 1 aliphatic heterocycles. The lowest BCUT2D eigenvalue weighted by Gasteiger charge is -2.25. The first-order valence-corrected chi connectivity index (χ1v) is 9.00. The van der Waals surface area contributed by atoms with E-state index in [2.05, 4.69) is 22.3 Å². The lowest BCUT2D eigenvalue weighted by molar-refractivity contribution is 0.0940. The van der Waals surface area contributed by atoms with E-state index < -0.39 is 0 Å². The molecule has 5 nitrogen and oxygen atoms in total. The van der Waals surface area contributed by atoms with Crippen molar-refractivity contribution in [1.82, 2.24) is 10.2 Å². The Hall–Kier alpha value is -2.24. The number of likely N-dealkylation sites (N-methyl/N-ethyl adjacent to an activating group) is 1. The van der Waals surface area contributed by atoms with E-state index in [1.165, 1.54) is 5.56 Å². The van der Waals surface area contributed by atoms with Crippen LogP contribution in [0.2, 0.25) is 5.02 Å². The third-order valence-corrected chi connectivity index (χ3v) is 4.68. The minimum atomic E-state index is -0.177. The summed E-state index contributed by atoms with van der Waals surface area (Å²) in [7, 11) is 4.03. The van der Waals surface area contributed by atoms with E-state index in [0.717, 1.165) is 6.42 Å². The summed E-state index contributed by atoms with van der Waals surface area (Å²) in [6.07, 6.45) is 0.857. The van der Waals surface area contributed by atoms with Gasteiger partial charge in [0.25, 0.3) is 5.91 Å². The number of hydrogen-bond donors (Lipinski definition) is 1. The highest BCUT2D eigenvalue weighted by atomic mass is 35.5. The minimum Gasteiger partial charge on any atom is -0.486 e. The predicted molar refractivity (Wildman–Crippen MR) is 102 cm³/mol. The Bertz CT molecular complexity index is 765. The maximum absolute atomic E-state index is 12.6. The highest BCUT2D eigenvalue weighted by Gasteiger charge is 2.20. The van der Waals surface area contributed by atoms with Gasteiger partial charge in [0.05, 0.1) is 5.02 Å². The van der Waals surface area contributed by atoms with Gasteiger partial charge in [0, 0.05) is 18.2 Å². The fraction of sp³-hybridized carbons (Fsp3) is 0.350. The van der Waals surface area contributed by atoms with Gasteiger partial charge in [0.15, 0.2) is 11.5 Å². The number of carbonyl (C=O) groups is 1. The zero-order valence-electron chi connectivity index (χ0n) is 15.0. The first-order chi connectivity index (χ1) is 12.5. The van der Waals surface area contributed by atoms with Gasteiger partial charge in [-0.25, -0.2) is 0 Å². The van der Waals surface area contributed by atoms with E-state index in [4.69, 9.17) is 21.1 Å². The van der Waals surface area contributed by atoms with Crippen LogP contribution in [-0.2, 0) is 6.42 Å². The minimum absolute atomic E-state index is 0.177. The summed E-state index contributed by atoms with van der Waals surface area (Å²) in [5.74, 6) is 0.843. The second kappa shape index (κ2) is 8.43. The summed E-state index contributed by atoms with van der Waals surface area (Å²) in [6, 6.07) is 13.7. The molecule has 0 radical (unpaired) electrons. The van der Waals surface area contributed by atoms with Crippen molar-refractivity contribution in [3.05, 3.63) is 58.6 Å². The van der Waals surface area contributed by atoms with Crippen LogP contribution in [0.1, 0.15) is 15.9 Å². The van der Waals surface area contributed by atoms with Crippen molar-refractivity contribution in [1.29, 1.82) is 0 Å². The number of hydrogen-bond acceptors (Lipinski definition) is 4. The Morgan fingerprint density at radius 3 is 2.65 bits per heavy atom. The molecule has 0 bridgehead atoms. The van der Waals surface area contributed by atoms with Crippen LogP contribution in [0.4, 0.5) is 0 Å². The third kappa shape index (κ3) is 4.48. The molecule has 3 rings (SSSR count). The maximum atomic E-state index is 12.6. The summed E-state index contributed by atoms with van der Waals surface area (Å²) in [6.45, 7) is 1.45. The molecule has 0 aromatic heterocycles. The summed E-state index contributed by atoms with van der Waals surface area (Å²) < 4.78 is 11.0. The summed E-state index contributed by atoms with van der Waals surface area (Å²) >= 11 is 6.22. The van der Waals surface area contributed by atoms with Gasteiger partial charge in [-0.15, -0.1) is 0 Å². The maximum Gasteiger partial charge on any atom is 0.251 e. The van der Waals surface area contributed by atoms with Gasteiger partial charge in [-0.2, -0.15) is 0 Å². The van der Waals surface area contributed by atoms with Crippen LogP contribution in [0.25, 0.3) is 0 Å². The fourth-order valence-electron chi connectivity index (χ4n) is 2.88. The van der Waals surface area contributed by atoms with Crippen molar-refractivity contribution < 1.29 is 14.3 Å². The molecular formula is C20H23ClN2O3. The zero-order valence-corrected chi connectivity index (χ0v) is 15.8. The van der Waals surface area contributed by atoms with Crippen molar-refractivity contribution in [2.75, 3.05) is 33.9 Å². The Morgan fingerprint density at radius 2 is 1.92 bits per heavy atom. The molecule has 1 heterocycles. The van der Waals surface area contributed by atoms with Crippen molar-refractivity contribution in [2.24, 2.45) is 0 Å². The molecule has 6 heteroatoms. The fourth-order valence-corrected chi connectivity index (χ4v) is 3.14. The van der Waals surface area contributed by atoms with Gasteiger partial charge in [-0.3, -0.25) is 4.79 Å². The van der Waals surface area contributed by atoms with Crippen LogP contribution >= 0.6 is 11.6 Å². The Labute approximate surface area is 158 Å². The molecule has 0 saturated carbocycles. The second-order valence-electron chi connectivity index (χ2n) is 6.50. The van der Waals surface area contributed by atoms with E-state index in [-0.39, 0.29) is 11.9 Å². The average molecular weight is 375 g/mol. The molecule has 2 aromatic carbocycles. The molecule has 0 fully saturated rings. The van der Waals surface area contributed by atoms with Gasteiger partial charge in [-0.05, 0) is 38.2 Å². The van der Waals surface area contributed by atoms with E-state index >= 15 is 0 Å². The summed E-state index contributed by atoms with van der Waals surface area (Å²) in [5.41, 5.74) is 1.71. The normalized spacial score (nSPS) is 14.2. The Kier molecular flexibility index (Phi) is 6.01. The van der Waals surface area contributed by atoms with E-state index in [1.807, 2.05) is 32.3 Å². The molecule has 1 atom stereocenters. The van der Waals surface area contributed by atoms with Crippen molar-refractivity contribution >= 4 is 17.5 Å². The van der Waals surface area contributed by atoms with Gasteiger partial charge in [0.2, 0.25) is 0 Å². The number of ether oxygens (including phenoxy) is 2. The number of carbonyl (C=O) groups excluding carboxylic acids is 1. The smallest absolute Gasteiger partial charge is 0.251 e. The average Bonchev–Trinajstić information content (AvgIpc) is 2.65. The zero-order chi connectivity index (χ0) is 18.5. The quantitative estimate of drug-likeness (QED) is 0.844. The van der Waals surface area contributed by atoms with E-state index in [1.54, 1.807) is 12.1 Å². The summed E-state index contributed by atoms with van der Waals surface area (Å²) in [4.78, 5) is 14.7. The molecule has 0 aliphatic carbocycles. The molecule has 26 heavy (non-hydrogen) atoms. The van der Waals surface area contributed by atoms with Gasteiger partial charge in [0.1, 0.15) is 13.2 Å². The molecule has 1 unspecified atom stereocenters. The Balaban J connectivity index is 1.66. The van der Waals surface area contributed by atoms with Gasteiger partial charge < -0.3 is 19.7 Å². The number of fused-ring (bicyclic) bond motifs is 1. The van der Waals surface area contributed by atoms with Gasteiger partial charge in [-0.1, -0.05) is 41.9 Å². The second-order valence-corrected chi connectivity index (χ2v) is 6.91. The van der Waals surface area contributed by atoms with Crippen molar-refractivity contribution in [3.63, 3.8) is 0 Å². The van der Waals surface area contributed by atoms with Crippen LogP contribution in [-0.4, -0.2) is 50.7 Å². The number of benzene rings is 2. The third-order valence-electron chi connectivity index (χ3n) is 4.40. The van der Waals surface area contributed by atoms with Gasteiger partial charge >= 0.3 is 0 Å². The monoisotopic (exact) mass is 374 g/mol. The topological polar surface area (TPSA) is 50.8 Å². The van der Waals surface area contributed by atoms with Crippen LogP contribution in [0.3, 0.4) is 0 Å². The molecule has 0 saturated heterocycles. The molecule has 0 spiro atoms. The highest BCUT2D eigenvalue weighted by Crippen LogP contribution is 2.38. The van der Waals surface area contributed by atoms with Crippen LogP contribution in [0.5, 0.6) is 11.5 Å². The summed E-state index contributed by atoms with van der Waals surface area (Å²) in [5, 5.41) is 3.39. The predicted octanol–water partition coefficient (Wildman–Crippen LogP) is 3.01. The van der Waals surface area contributed by atoms with E-state index in [9.17, 15) is 4.79 Å². The Morgan fingerprint density at radius 1 is 1.19 bits per heavy atom. The number of rotatable bonds is 6. The van der Waals surface area contributed by atoms with Crippen LogP contribution in [0, 0.1) is 0 Å². The standard InChI is InChI=1S/C20H23ClN2O3/c1-23(2)16(10-14-6-4-3-5-7-14)13-22-20(24)15-11-17(21)19-18(12-15)25-8-9-26-19/h3-7,11-12,16H,8-10,13H2,1-2H3,(H,22,24). The lowest BCUT2D eigenvalue weighted by Crippen LogP contribution is -2.41. The largest absolute Gasteiger partial charge is 0.486 e. The molecule has 1 aliphatic rings. The number of nitrogens with one attached hydrogen (secondary N) is 1.